The smallest absolute Gasteiger partial charge is 0.387 e. The number of ether oxygens (including phenoxy) is 1. The molecule has 28 heavy (non-hydrogen) atoms. The topological polar surface area (TPSA) is 82.1 Å². The number of nitrogens with zero attached hydrogens (tertiary/aromatic N) is 5. The molecule has 0 aliphatic carbocycles. The average Bonchev–Trinajstić information content (AvgIpc) is 3.11. The Bertz CT molecular complexity index is 934. The van der Waals surface area contributed by atoms with E-state index in [1.807, 2.05) is 12.1 Å². The highest BCUT2D eigenvalue weighted by atomic mass is 35.5. The van der Waals surface area contributed by atoms with Crippen molar-refractivity contribution in [2.24, 2.45) is 0 Å². The molecule has 2 aromatic carbocycles. The Labute approximate surface area is 166 Å². The zero-order valence-electron chi connectivity index (χ0n) is 14.8. The molecule has 4 rings (SSSR count). The Morgan fingerprint density at radius 2 is 1.93 bits per heavy atom. The summed E-state index contributed by atoms with van der Waals surface area (Å²) in [6, 6.07) is 12.1. The summed E-state index contributed by atoms with van der Waals surface area (Å²) in [5, 5.41) is 11.9. The third-order valence-electron chi connectivity index (χ3n) is 4.56. The standard InChI is InChI=1S/C18H18F2N6O.ClH/c19-18(20)27-13-8-6-12(7-9-13)26-17(22-23-24-26)11-25-10-2-3-14-15(21)4-1-5-16(14)25;/h1,4-9,18H,2-3,10-11,21H2;1H. The normalized spacial score (nSPS) is 13.2. The Morgan fingerprint density at radius 3 is 2.68 bits per heavy atom. The Kier molecular flexibility index (Phi) is 5.93. The third kappa shape index (κ3) is 3.99. The van der Waals surface area contributed by atoms with Gasteiger partial charge in [-0.1, -0.05) is 6.07 Å². The van der Waals surface area contributed by atoms with E-state index >= 15 is 0 Å². The van der Waals surface area contributed by atoms with Crippen molar-refractivity contribution in [3.8, 4) is 11.4 Å². The highest BCUT2D eigenvalue weighted by Gasteiger charge is 2.21. The molecule has 0 bridgehead atoms. The van der Waals surface area contributed by atoms with Crippen LogP contribution in [-0.2, 0) is 13.0 Å². The van der Waals surface area contributed by atoms with Crippen LogP contribution in [0.3, 0.4) is 0 Å². The lowest BCUT2D eigenvalue weighted by Gasteiger charge is -2.31. The molecule has 0 atom stereocenters. The molecule has 3 aromatic rings. The second kappa shape index (κ2) is 8.39. The summed E-state index contributed by atoms with van der Waals surface area (Å²) in [5.41, 5.74) is 9.82. The fourth-order valence-electron chi connectivity index (χ4n) is 3.34. The van der Waals surface area contributed by atoms with E-state index in [2.05, 4.69) is 31.2 Å². The Hall–Kier alpha value is -2.94. The fourth-order valence-corrected chi connectivity index (χ4v) is 3.34. The van der Waals surface area contributed by atoms with E-state index in [1.54, 1.807) is 16.8 Å². The number of aromatic nitrogens is 4. The van der Waals surface area contributed by atoms with Crippen LogP contribution in [0.2, 0.25) is 0 Å². The van der Waals surface area contributed by atoms with Gasteiger partial charge >= 0.3 is 6.61 Å². The molecule has 0 unspecified atom stereocenters. The van der Waals surface area contributed by atoms with Gasteiger partial charge in [0.15, 0.2) is 5.82 Å². The van der Waals surface area contributed by atoms with Crippen LogP contribution in [0.15, 0.2) is 42.5 Å². The van der Waals surface area contributed by atoms with Crippen molar-refractivity contribution in [3.05, 3.63) is 53.9 Å². The molecular weight excluding hydrogens is 390 g/mol. The lowest BCUT2D eigenvalue weighted by atomic mass is 10.00. The van der Waals surface area contributed by atoms with E-state index in [1.165, 1.54) is 12.1 Å². The molecule has 7 nitrogen and oxygen atoms in total. The van der Waals surface area contributed by atoms with Gasteiger partial charge in [0.1, 0.15) is 5.75 Å². The summed E-state index contributed by atoms with van der Waals surface area (Å²) >= 11 is 0. The van der Waals surface area contributed by atoms with Gasteiger partial charge in [0.25, 0.3) is 0 Å². The largest absolute Gasteiger partial charge is 0.435 e. The van der Waals surface area contributed by atoms with E-state index in [0.29, 0.717) is 18.1 Å². The van der Waals surface area contributed by atoms with E-state index in [0.717, 1.165) is 36.3 Å². The first-order chi connectivity index (χ1) is 13.1. The van der Waals surface area contributed by atoms with Gasteiger partial charge in [-0.2, -0.15) is 13.5 Å². The first-order valence-corrected chi connectivity index (χ1v) is 8.56. The van der Waals surface area contributed by atoms with Crippen LogP contribution in [0.1, 0.15) is 17.8 Å². The van der Waals surface area contributed by atoms with E-state index < -0.39 is 6.61 Å². The molecule has 0 amide bonds. The number of anilines is 2. The molecule has 1 aromatic heterocycles. The first kappa shape index (κ1) is 19.8. The Morgan fingerprint density at radius 1 is 1.14 bits per heavy atom. The Balaban J connectivity index is 0.00000225. The molecule has 0 fully saturated rings. The van der Waals surface area contributed by atoms with Crippen LogP contribution in [-0.4, -0.2) is 33.4 Å². The zero-order valence-corrected chi connectivity index (χ0v) is 15.6. The van der Waals surface area contributed by atoms with Crippen molar-refractivity contribution in [1.82, 2.24) is 20.2 Å². The van der Waals surface area contributed by atoms with Crippen molar-refractivity contribution in [2.75, 3.05) is 17.2 Å². The predicted octanol–water partition coefficient (Wildman–Crippen LogP) is 3.22. The minimum Gasteiger partial charge on any atom is -0.435 e. The number of nitrogens with two attached hydrogens (primary N) is 1. The molecule has 1 aliphatic heterocycles. The second-order valence-corrected chi connectivity index (χ2v) is 6.25. The lowest BCUT2D eigenvalue weighted by molar-refractivity contribution is -0.0498. The predicted molar refractivity (Wildman–Crippen MR) is 103 cm³/mol. The van der Waals surface area contributed by atoms with Crippen LogP contribution in [0.4, 0.5) is 20.2 Å². The number of nitrogen functional groups attached to an aromatic ring is 1. The maximum atomic E-state index is 12.3. The third-order valence-corrected chi connectivity index (χ3v) is 4.56. The molecular formula is C18H19ClF2N6O. The highest BCUT2D eigenvalue weighted by molar-refractivity contribution is 5.85. The van der Waals surface area contributed by atoms with Crippen molar-refractivity contribution in [1.29, 1.82) is 0 Å². The number of fused-ring (bicyclic) bond motifs is 1. The van der Waals surface area contributed by atoms with Gasteiger partial charge in [0.05, 0.1) is 12.2 Å². The number of halogens is 3. The van der Waals surface area contributed by atoms with Gasteiger partial charge in [-0.3, -0.25) is 0 Å². The van der Waals surface area contributed by atoms with Crippen LogP contribution >= 0.6 is 12.4 Å². The van der Waals surface area contributed by atoms with Gasteiger partial charge in [0.2, 0.25) is 0 Å². The number of tetrazole rings is 1. The van der Waals surface area contributed by atoms with Crippen LogP contribution in [0.5, 0.6) is 5.75 Å². The van der Waals surface area contributed by atoms with Crippen LogP contribution in [0.25, 0.3) is 5.69 Å². The summed E-state index contributed by atoms with van der Waals surface area (Å²) in [4.78, 5) is 2.20. The fraction of sp³-hybridized carbons (Fsp3) is 0.278. The van der Waals surface area contributed by atoms with E-state index in [-0.39, 0.29) is 18.2 Å². The van der Waals surface area contributed by atoms with Gasteiger partial charge in [-0.25, -0.2) is 0 Å². The maximum absolute atomic E-state index is 12.3. The monoisotopic (exact) mass is 408 g/mol. The molecule has 1 aliphatic rings. The zero-order chi connectivity index (χ0) is 18.8. The quantitative estimate of drug-likeness (QED) is 0.653. The molecule has 0 saturated heterocycles. The number of benzene rings is 2. The maximum Gasteiger partial charge on any atom is 0.387 e. The van der Waals surface area contributed by atoms with E-state index in [9.17, 15) is 8.78 Å². The van der Waals surface area contributed by atoms with E-state index in [4.69, 9.17) is 5.73 Å². The van der Waals surface area contributed by atoms with Crippen molar-refractivity contribution >= 4 is 23.8 Å². The summed E-state index contributed by atoms with van der Waals surface area (Å²) < 4.78 is 30.6. The second-order valence-electron chi connectivity index (χ2n) is 6.25. The molecule has 2 N–H and O–H groups in total. The number of hydrogen-bond acceptors (Lipinski definition) is 6. The van der Waals surface area contributed by atoms with Crippen LogP contribution < -0.4 is 15.4 Å². The first-order valence-electron chi connectivity index (χ1n) is 8.56. The summed E-state index contributed by atoms with van der Waals surface area (Å²) in [5.74, 6) is 0.733. The van der Waals surface area contributed by atoms with Crippen LogP contribution in [0, 0.1) is 0 Å². The number of rotatable bonds is 5. The van der Waals surface area contributed by atoms with Gasteiger partial charge in [-0.05, 0) is 65.2 Å². The summed E-state index contributed by atoms with van der Waals surface area (Å²) in [7, 11) is 0. The highest BCUT2D eigenvalue weighted by Crippen LogP contribution is 2.32. The average molecular weight is 409 g/mol. The molecule has 10 heteroatoms. The minimum absolute atomic E-state index is 0. The lowest BCUT2D eigenvalue weighted by Crippen LogP contribution is -2.30. The van der Waals surface area contributed by atoms with Gasteiger partial charge in [0, 0.05) is 17.9 Å². The number of hydrogen-bond donors (Lipinski definition) is 1. The molecule has 0 saturated carbocycles. The molecule has 0 radical (unpaired) electrons. The number of alkyl halides is 2. The molecule has 2 heterocycles. The molecule has 0 spiro atoms. The van der Waals surface area contributed by atoms with Gasteiger partial charge < -0.3 is 15.4 Å². The SMILES string of the molecule is Cl.Nc1cccc2c1CCCN2Cc1nnnn1-c1ccc(OC(F)F)cc1. The minimum atomic E-state index is -2.86. The van der Waals surface area contributed by atoms with Gasteiger partial charge in [-0.15, -0.1) is 17.5 Å². The van der Waals surface area contributed by atoms with Crippen molar-refractivity contribution in [3.63, 3.8) is 0 Å². The molecule has 148 valence electrons. The summed E-state index contributed by atoms with van der Waals surface area (Å²) in [6.45, 7) is -1.46. The van der Waals surface area contributed by atoms with Crippen molar-refractivity contribution in [2.45, 2.75) is 26.0 Å². The van der Waals surface area contributed by atoms with Crippen molar-refractivity contribution < 1.29 is 13.5 Å². The summed E-state index contributed by atoms with van der Waals surface area (Å²) in [6.07, 6.45) is 1.96.